The maximum atomic E-state index is 12.8. The number of benzene rings is 1. The van der Waals surface area contributed by atoms with Gasteiger partial charge in [0.2, 0.25) is 5.91 Å². The Labute approximate surface area is 130 Å². The molecule has 1 aromatic carbocycles. The summed E-state index contributed by atoms with van der Waals surface area (Å²) in [5.74, 6) is 1.39. The number of aromatic nitrogens is 3. The van der Waals surface area contributed by atoms with E-state index in [-0.39, 0.29) is 11.9 Å². The number of hydrogen-bond acceptors (Lipinski definition) is 3. The molecule has 1 amide bonds. The molecule has 1 aliphatic heterocycles. The van der Waals surface area contributed by atoms with Gasteiger partial charge in [-0.3, -0.25) is 9.89 Å². The van der Waals surface area contributed by atoms with E-state index >= 15 is 0 Å². The average Bonchev–Trinajstić information content (AvgIpc) is 3.18. The lowest BCUT2D eigenvalue weighted by Crippen LogP contribution is -2.32. The first kappa shape index (κ1) is 14.8. The van der Waals surface area contributed by atoms with Crippen LogP contribution in [0.25, 0.3) is 0 Å². The lowest BCUT2D eigenvalue weighted by Gasteiger charge is -2.24. The van der Waals surface area contributed by atoms with Crippen LogP contribution in [0.15, 0.2) is 30.6 Å². The molecule has 116 valence electrons. The standard InChI is InChI=1S/C17H22N4O/c1-12(2)14-7-4-3-6-13(14)10-16(22)21-9-5-8-15(21)17-18-11-19-20-17/h3-4,6-7,11-12,15H,5,8-10H2,1-2H3,(H,18,19,20)/t15-/m0/s1. The van der Waals surface area contributed by atoms with Crippen LogP contribution in [0.5, 0.6) is 0 Å². The smallest absolute Gasteiger partial charge is 0.227 e. The van der Waals surface area contributed by atoms with Crippen LogP contribution in [-0.2, 0) is 11.2 Å². The van der Waals surface area contributed by atoms with Crippen LogP contribution in [-0.4, -0.2) is 32.5 Å². The number of aromatic amines is 1. The summed E-state index contributed by atoms with van der Waals surface area (Å²) in [6.07, 6.45) is 3.93. The highest BCUT2D eigenvalue weighted by Gasteiger charge is 2.31. The van der Waals surface area contributed by atoms with E-state index in [9.17, 15) is 4.79 Å². The van der Waals surface area contributed by atoms with Gasteiger partial charge in [0.05, 0.1) is 12.5 Å². The summed E-state index contributed by atoms with van der Waals surface area (Å²) in [6, 6.07) is 8.27. The minimum absolute atomic E-state index is 0.0428. The highest BCUT2D eigenvalue weighted by atomic mass is 16.2. The van der Waals surface area contributed by atoms with Crippen molar-refractivity contribution >= 4 is 5.91 Å². The van der Waals surface area contributed by atoms with Gasteiger partial charge in [0.25, 0.3) is 0 Å². The number of likely N-dealkylation sites (tertiary alicyclic amines) is 1. The molecular weight excluding hydrogens is 276 g/mol. The Morgan fingerprint density at radius 2 is 2.23 bits per heavy atom. The van der Waals surface area contributed by atoms with Crippen LogP contribution >= 0.6 is 0 Å². The minimum Gasteiger partial charge on any atom is -0.332 e. The van der Waals surface area contributed by atoms with E-state index in [0.29, 0.717) is 12.3 Å². The molecule has 1 saturated heterocycles. The van der Waals surface area contributed by atoms with Gasteiger partial charge in [-0.25, -0.2) is 4.98 Å². The molecule has 0 aliphatic carbocycles. The van der Waals surface area contributed by atoms with E-state index in [1.165, 1.54) is 11.9 Å². The third kappa shape index (κ3) is 2.89. The molecule has 22 heavy (non-hydrogen) atoms. The molecule has 1 atom stereocenters. The molecule has 1 aliphatic rings. The monoisotopic (exact) mass is 298 g/mol. The molecule has 0 unspecified atom stereocenters. The lowest BCUT2D eigenvalue weighted by atomic mass is 9.95. The van der Waals surface area contributed by atoms with Crippen molar-refractivity contribution in [2.24, 2.45) is 0 Å². The minimum atomic E-state index is 0.0428. The summed E-state index contributed by atoms with van der Waals surface area (Å²) in [5.41, 5.74) is 2.39. The molecule has 5 nitrogen and oxygen atoms in total. The van der Waals surface area contributed by atoms with Gasteiger partial charge in [0, 0.05) is 6.54 Å². The summed E-state index contributed by atoms with van der Waals surface area (Å²) in [6.45, 7) is 5.13. The Morgan fingerprint density at radius 3 is 2.95 bits per heavy atom. The molecule has 1 N–H and O–H groups in total. The zero-order valence-electron chi connectivity index (χ0n) is 13.1. The van der Waals surface area contributed by atoms with Crippen LogP contribution in [0.1, 0.15) is 55.6 Å². The van der Waals surface area contributed by atoms with Gasteiger partial charge in [0.1, 0.15) is 12.2 Å². The third-order valence-corrected chi connectivity index (χ3v) is 4.34. The first-order chi connectivity index (χ1) is 10.7. The lowest BCUT2D eigenvalue weighted by molar-refractivity contribution is -0.131. The Bertz CT molecular complexity index is 636. The average molecular weight is 298 g/mol. The van der Waals surface area contributed by atoms with Gasteiger partial charge in [-0.1, -0.05) is 38.1 Å². The highest BCUT2D eigenvalue weighted by Crippen LogP contribution is 2.30. The largest absolute Gasteiger partial charge is 0.332 e. The third-order valence-electron chi connectivity index (χ3n) is 4.34. The van der Waals surface area contributed by atoms with Crippen LogP contribution in [0.2, 0.25) is 0 Å². The number of carbonyl (C=O) groups excluding carboxylic acids is 1. The molecule has 0 spiro atoms. The number of amides is 1. The van der Waals surface area contributed by atoms with Crippen molar-refractivity contribution in [1.82, 2.24) is 20.1 Å². The number of nitrogens with zero attached hydrogens (tertiary/aromatic N) is 3. The number of carbonyl (C=O) groups is 1. The summed E-state index contributed by atoms with van der Waals surface area (Å²) >= 11 is 0. The second kappa shape index (κ2) is 6.30. The topological polar surface area (TPSA) is 61.9 Å². The SMILES string of the molecule is CC(C)c1ccccc1CC(=O)N1CCC[C@H]1c1ncn[nH]1. The first-order valence-corrected chi connectivity index (χ1v) is 7.89. The maximum absolute atomic E-state index is 12.8. The summed E-state index contributed by atoms with van der Waals surface area (Å²) < 4.78 is 0. The number of hydrogen-bond donors (Lipinski definition) is 1. The number of H-pyrrole nitrogens is 1. The number of nitrogens with one attached hydrogen (secondary N) is 1. The van der Waals surface area contributed by atoms with Crippen LogP contribution in [0, 0.1) is 0 Å². The molecule has 0 bridgehead atoms. The Balaban J connectivity index is 1.77. The van der Waals surface area contributed by atoms with E-state index in [2.05, 4.69) is 41.2 Å². The van der Waals surface area contributed by atoms with Crippen molar-refractivity contribution in [3.63, 3.8) is 0 Å². The second-order valence-corrected chi connectivity index (χ2v) is 6.15. The van der Waals surface area contributed by atoms with Crippen molar-refractivity contribution in [3.8, 4) is 0 Å². The molecule has 1 aromatic heterocycles. The fraction of sp³-hybridized carbons (Fsp3) is 0.471. The predicted molar refractivity (Wildman–Crippen MR) is 84.3 cm³/mol. The molecule has 5 heteroatoms. The van der Waals surface area contributed by atoms with Gasteiger partial charge in [-0.15, -0.1) is 0 Å². The molecule has 1 fully saturated rings. The normalized spacial score (nSPS) is 18.1. The number of rotatable bonds is 4. The molecule has 2 heterocycles. The zero-order valence-corrected chi connectivity index (χ0v) is 13.1. The van der Waals surface area contributed by atoms with Gasteiger partial charge in [-0.2, -0.15) is 5.10 Å². The van der Waals surface area contributed by atoms with Crippen molar-refractivity contribution in [2.45, 2.75) is 45.1 Å². The van der Waals surface area contributed by atoms with E-state index in [1.807, 2.05) is 17.0 Å². The first-order valence-electron chi connectivity index (χ1n) is 7.89. The van der Waals surface area contributed by atoms with E-state index < -0.39 is 0 Å². The molecular formula is C17H22N4O. The summed E-state index contributed by atoms with van der Waals surface area (Å²) in [4.78, 5) is 18.9. The van der Waals surface area contributed by atoms with Crippen molar-refractivity contribution in [1.29, 1.82) is 0 Å². The molecule has 0 saturated carbocycles. The van der Waals surface area contributed by atoms with Crippen molar-refractivity contribution in [3.05, 3.63) is 47.5 Å². The van der Waals surface area contributed by atoms with Crippen LogP contribution in [0.4, 0.5) is 0 Å². The maximum Gasteiger partial charge on any atom is 0.227 e. The van der Waals surface area contributed by atoms with Gasteiger partial charge >= 0.3 is 0 Å². The highest BCUT2D eigenvalue weighted by molar-refractivity contribution is 5.80. The molecule has 0 radical (unpaired) electrons. The summed E-state index contributed by atoms with van der Waals surface area (Å²) in [5, 5.41) is 6.81. The van der Waals surface area contributed by atoms with Crippen molar-refractivity contribution < 1.29 is 4.79 Å². The van der Waals surface area contributed by atoms with Gasteiger partial charge in [-0.05, 0) is 29.9 Å². The summed E-state index contributed by atoms with van der Waals surface area (Å²) in [7, 11) is 0. The Morgan fingerprint density at radius 1 is 1.41 bits per heavy atom. The van der Waals surface area contributed by atoms with Crippen LogP contribution in [0.3, 0.4) is 0 Å². The second-order valence-electron chi connectivity index (χ2n) is 6.15. The van der Waals surface area contributed by atoms with E-state index in [1.54, 1.807) is 0 Å². The van der Waals surface area contributed by atoms with Gasteiger partial charge in [0.15, 0.2) is 0 Å². The fourth-order valence-electron chi connectivity index (χ4n) is 3.25. The van der Waals surface area contributed by atoms with Crippen LogP contribution < -0.4 is 0 Å². The van der Waals surface area contributed by atoms with Gasteiger partial charge < -0.3 is 4.90 Å². The quantitative estimate of drug-likeness (QED) is 0.944. The zero-order chi connectivity index (χ0) is 15.5. The molecule has 2 aromatic rings. The van der Waals surface area contributed by atoms with E-state index in [0.717, 1.165) is 30.8 Å². The predicted octanol–water partition coefficient (Wildman–Crippen LogP) is 2.83. The Hall–Kier alpha value is -2.17. The molecule has 3 rings (SSSR count). The fourth-order valence-corrected chi connectivity index (χ4v) is 3.25. The van der Waals surface area contributed by atoms with Crippen molar-refractivity contribution in [2.75, 3.05) is 6.54 Å². The Kier molecular flexibility index (Phi) is 4.22. The van der Waals surface area contributed by atoms with E-state index in [4.69, 9.17) is 0 Å².